The summed E-state index contributed by atoms with van der Waals surface area (Å²) in [7, 11) is 0. The highest BCUT2D eigenvalue weighted by molar-refractivity contribution is 5.95. The third-order valence-electron chi connectivity index (χ3n) is 5.63. The Morgan fingerprint density at radius 2 is 1.62 bits per heavy atom. The van der Waals surface area contributed by atoms with Gasteiger partial charge in [0.2, 0.25) is 0 Å². The van der Waals surface area contributed by atoms with Gasteiger partial charge in [0, 0.05) is 29.3 Å². The van der Waals surface area contributed by atoms with Crippen LogP contribution in [0.4, 0.5) is 5.82 Å². The van der Waals surface area contributed by atoms with Gasteiger partial charge in [0.25, 0.3) is 5.91 Å². The van der Waals surface area contributed by atoms with E-state index < -0.39 is 0 Å². The van der Waals surface area contributed by atoms with Crippen molar-refractivity contribution in [2.24, 2.45) is 5.92 Å². The fourth-order valence-electron chi connectivity index (χ4n) is 3.73. The van der Waals surface area contributed by atoms with Crippen LogP contribution in [0.2, 0.25) is 0 Å². The van der Waals surface area contributed by atoms with Crippen molar-refractivity contribution in [2.75, 3.05) is 11.9 Å². The van der Waals surface area contributed by atoms with Gasteiger partial charge < -0.3 is 10.6 Å². The van der Waals surface area contributed by atoms with Crippen LogP contribution in [0.1, 0.15) is 37.0 Å². The summed E-state index contributed by atoms with van der Waals surface area (Å²) in [5, 5.41) is 6.47. The molecule has 5 rings (SSSR count). The zero-order valence-electron chi connectivity index (χ0n) is 18.4. The van der Waals surface area contributed by atoms with E-state index in [9.17, 15) is 4.79 Å². The second kappa shape index (κ2) is 8.46. The van der Waals surface area contributed by atoms with Crippen molar-refractivity contribution in [3.63, 3.8) is 0 Å². The summed E-state index contributed by atoms with van der Waals surface area (Å²) in [6, 6.07) is 18.3. The molecule has 2 N–H and O–H groups in total. The first-order valence-corrected chi connectivity index (χ1v) is 11.2. The number of anilines is 1. The summed E-state index contributed by atoms with van der Waals surface area (Å²) < 4.78 is 2.14. The van der Waals surface area contributed by atoms with Gasteiger partial charge in [-0.2, -0.15) is 0 Å². The molecule has 2 aromatic heterocycles. The third kappa shape index (κ3) is 4.08. The molecule has 32 heavy (non-hydrogen) atoms. The number of imidazole rings is 1. The molecule has 0 bridgehead atoms. The van der Waals surface area contributed by atoms with E-state index in [-0.39, 0.29) is 5.91 Å². The van der Waals surface area contributed by atoms with Crippen LogP contribution in [0.5, 0.6) is 0 Å². The number of nitrogens with zero attached hydrogens (tertiary/aromatic N) is 3. The highest BCUT2D eigenvalue weighted by atomic mass is 16.1. The van der Waals surface area contributed by atoms with E-state index in [0.29, 0.717) is 17.5 Å². The van der Waals surface area contributed by atoms with Gasteiger partial charge in [0.15, 0.2) is 11.5 Å². The summed E-state index contributed by atoms with van der Waals surface area (Å²) in [4.78, 5) is 21.8. The van der Waals surface area contributed by atoms with E-state index in [2.05, 4.69) is 46.0 Å². The normalized spacial score (nSPS) is 13.5. The van der Waals surface area contributed by atoms with Gasteiger partial charge in [-0.1, -0.05) is 56.3 Å². The minimum atomic E-state index is -0.00783. The quantitative estimate of drug-likeness (QED) is 0.436. The number of aromatic nitrogens is 3. The molecule has 162 valence electrons. The Balaban J connectivity index is 1.57. The number of hydrogen-bond donors (Lipinski definition) is 2. The summed E-state index contributed by atoms with van der Waals surface area (Å²) in [6.07, 6.45) is 5.93. The van der Waals surface area contributed by atoms with Gasteiger partial charge in [-0.15, -0.1) is 0 Å². The molecule has 0 saturated heterocycles. The molecule has 1 amide bonds. The summed E-state index contributed by atoms with van der Waals surface area (Å²) in [6.45, 7) is 5.15. The summed E-state index contributed by atoms with van der Waals surface area (Å²) in [5.74, 6) is 1.26. The van der Waals surface area contributed by atoms with E-state index >= 15 is 0 Å². The molecule has 2 heterocycles. The number of benzene rings is 2. The van der Waals surface area contributed by atoms with E-state index in [4.69, 9.17) is 4.98 Å². The van der Waals surface area contributed by atoms with Crippen LogP contribution < -0.4 is 10.6 Å². The van der Waals surface area contributed by atoms with Crippen LogP contribution in [0.15, 0.2) is 67.0 Å². The average Bonchev–Trinajstić information content (AvgIpc) is 3.52. The number of amides is 1. The van der Waals surface area contributed by atoms with Crippen molar-refractivity contribution in [1.82, 2.24) is 19.7 Å². The first-order chi connectivity index (χ1) is 15.6. The number of carbonyl (C=O) groups excluding carboxylic acids is 1. The molecule has 0 atom stereocenters. The van der Waals surface area contributed by atoms with Crippen molar-refractivity contribution in [2.45, 2.75) is 32.7 Å². The maximum atomic E-state index is 12.4. The molecule has 1 saturated carbocycles. The predicted molar refractivity (Wildman–Crippen MR) is 128 cm³/mol. The molecule has 0 spiro atoms. The summed E-state index contributed by atoms with van der Waals surface area (Å²) in [5.41, 5.74) is 5.47. The lowest BCUT2D eigenvalue weighted by atomic mass is 10.1. The van der Waals surface area contributed by atoms with Crippen LogP contribution in [0.3, 0.4) is 0 Å². The molecule has 0 unspecified atom stereocenters. The standard InChI is InChI=1S/C26H27N5O/c1-17(2)14-27-24-25-29-16-23(31(25)22(15-28-24)18-6-4-3-5-7-18)19-8-10-20(11-9-19)26(32)30-21-12-13-21/h3-11,15-17,21H,12-14H2,1-2H3,(H,27,28)(H,30,32). The average molecular weight is 426 g/mol. The molecule has 6 heteroatoms. The summed E-state index contributed by atoms with van der Waals surface area (Å²) >= 11 is 0. The highest BCUT2D eigenvalue weighted by Crippen LogP contribution is 2.30. The highest BCUT2D eigenvalue weighted by Gasteiger charge is 2.24. The van der Waals surface area contributed by atoms with Crippen LogP contribution in [0, 0.1) is 5.92 Å². The Morgan fingerprint density at radius 3 is 2.28 bits per heavy atom. The Bertz CT molecular complexity index is 1240. The SMILES string of the molecule is CC(C)CNc1ncc(-c2ccccc2)n2c(-c3ccc(C(=O)NC4CC4)cc3)cnc12. The van der Waals surface area contributed by atoms with Crippen molar-refractivity contribution >= 4 is 17.4 Å². The van der Waals surface area contributed by atoms with Gasteiger partial charge in [-0.05, 0) is 30.9 Å². The van der Waals surface area contributed by atoms with Gasteiger partial charge >= 0.3 is 0 Å². The van der Waals surface area contributed by atoms with E-state index in [1.165, 1.54) is 0 Å². The van der Waals surface area contributed by atoms with Crippen LogP contribution in [0.25, 0.3) is 28.2 Å². The number of hydrogen-bond acceptors (Lipinski definition) is 4. The van der Waals surface area contributed by atoms with Crippen LogP contribution in [-0.4, -0.2) is 32.9 Å². The van der Waals surface area contributed by atoms with E-state index in [1.807, 2.05) is 54.9 Å². The van der Waals surface area contributed by atoms with Gasteiger partial charge in [-0.3, -0.25) is 9.20 Å². The number of carbonyl (C=O) groups is 1. The molecule has 0 radical (unpaired) electrons. The second-order valence-corrected chi connectivity index (χ2v) is 8.76. The Labute approximate surface area is 187 Å². The maximum Gasteiger partial charge on any atom is 0.251 e. The predicted octanol–water partition coefficient (Wildman–Crippen LogP) is 5.02. The number of rotatable bonds is 7. The lowest BCUT2D eigenvalue weighted by molar-refractivity contribution is 0.0951. The van der Waals surface area contributed by atoms with E-state index in [1.54, 1.807) is 0 Å². The first-order valence-electron chi connectivity index (χ1n) is 11.2. The number of fused-ring (bicyclic) bond motifs is 1. The Hall–Kier alpha value is -3.67. The van der Waals surface area contributed by atoms with Gasteiger partial charge in [0.05, 0.1) is 23.8 Å². The smallest absolute Gasteiger partial charge is 0.251 e. The molecular formula is C26H27N5O. The zero-order chi connectivity index (χ0) is 22.1. The molecule has 1 aliphatic carbocycles. The molecule has 4 aromatic rings. The van der Waals surface area contributed by atoms with Crippen LogP contribution >= 0.6 is 0 Å². The fraction of sp³-hybridized carbons (Fsp3) is 0.269. The Morgan fingerprint density at radius 1 is 0.969 bits per heavy atom. The van der Waals surface area contributed by atoms with Crippen molar-refractivity contribution in [1.29, 1.82) is 0 Å². The molecule has 1 aliphatic rings. The molecule has 6 nitrogen and oxygen atoms in total. The first kappa shape index (κ1) is 20.2. The van der Waals surface area contributed by atoms with Crippen molar-refractivity contribution in [3.05, 3.63) is 72.6 Å². The monoisotopic (exact) mass is 425 g/mol. The van der Waals surface area contributed by atoms with Gasteiger partial charge in [0.1, 0.15) is 0 Å². The lowest BCUT2D eigenvalue weighted by Crippen LogP contribution is -2.25. The van der Waals surface area contributed by atoms with E-state index in [0.717, 1.165) is 53.4 Å². The second-order valence-electron chi connectivity index (χ2n) is 8.76. The minimum Gasteiger partial charge on any atom is -0.367 e. The third-order valence-corrected chi connectivity index (χ3v) is 5.63. The lowest BCUT2D eigenvalue weighted by Gasteiger charge is -2.14. The van der Waals surface area contributed by atoms with Gasteiger partial charge in [-0.25, -0.2) is 9.97 Å². The Kier molecular flexibility index (Phi) is 5.35. The maximum absolute atomic E-state index is 12.4. The fourth-order valence-corrected chi connectivity index (χ4v) is 3.73. The molecular weight excluding hydrogens is 398 g/mol. The minimum absolute atomic E-state index is 0.00783. The molecule has 2 aromatic carbocycles. The number of nitrogens with one attached hydrogen (secondary N) is 2. The largest absolute Gasteiger partial charge is 0.367 e. The topological polar surface area (TPSA) is 71.3 Å². The molecule has 0 aliphatic heterocycles. The van der Waals surface area contributed by atoms with Crippen molar-refractivity contribution in [3.8, 4) is 22.5 Å². The van der Waals surface area contributed by atoms with Crippen LogP contribution in [-0.2, 0) is 0 Å². The molecule has 1 fully saturated rings. The zero-order valence-corrected chi connectivity index (χ0v) is 18.4. The van der Waals surface area contributed by atoms with Crippen molar-refractivity contribution < 1.29 is 4.79 Å².